The van der Waals surface area contributed by atoms with Crippen molar-refractivity contribution in [3.63, 3.8) is 0 Å². The topological polar surface area (TPSA) is 80.3 Å². The third-order valence-corrected chi connectivity index (χ3v) is 5.09. The van der Waals surface area contributed by atoms with E-state index in [9.17, 15) is 20.7 Å². The van der Waals surface area contributed by atoms with E-state index in [1.165, 1.54) is 18.2 Å². The maximum Gasteiger partial charge on any atom is 0.334 e. The summed E-state index contributed by atoms with van der Waals surface area (Å²) in [6.07, 6.45) is 2.61. The number of sulfonamides is 1. The number of nitrogens with one attached hydrogen (secondary N) is 1. The van der Waals surface area contributed by atoms with Crippen molar-refractivity contribution in [1.82, 2.24) is 0 Å². The van der Waals surface area contributed by atoms with Crippen molar-refractivity contribution >= 4 is 25.9 Å². The molecule has 1 saturated carbocycles. The van der Waals surface area contributed by atoms with E-state index < -0.39 is 25.1 Å². The van der Waals surface area contributed by atoms with Gasteiger partial charge < -0.3 is 0 Å². The van der Waals surface area contributed by atoms with Gasteiger partial charge in [0, 0.05) is 0 Å². The van der Waals surface area contributed by atoms with Crippen LogP contribution in [0.1, 0.15) is 19.3 Å². The molecule has 0 atom stereocenters. The fourth-order valence-electron chi connectivity index (χ4n) is 1.71. The molecule has 0 unspecified atom stereocenters. The van der Waals surface area contributed by atoms with Crippen LogP contribution in [0.15, 0.2) is 29.2 Å². The standard InChI is InChI=1S/C11H14FNO4S2/c12-19(16,17)11-4-2-1-3-10(11)13-18(14,15)8-7-9-5-6-9/h1-4,9,13H,5-8H2. The summed E-state index contributed by atoms with van der Waals surface area (Å²) in [5.74, 6) is 0.356. The highest BCUT2D eigenvalue weighted by Gasteiger charge is 2.25. The van der Waals surface area contributed by atoms with Crippen molar-refractivity contribution in [1.29, 1.82) is 0 Å². The molecule has 0 bridgehead atoms. The average molecular weight is 307 g/mol. The fraction of sp³-hybridized carbons (Fsp3) is 0.455. The summed E-state index contributed by atoms with van der Waals surface area (Å²) in [5, 5.41) is 0. The highest BCUT2D eigenvalue weighted by Crippen LogP contribution is 2.33. The first kappa shape index (κ1) is 14.3. The van der Waals surface area contributed by atoms with Crippen molar-refractivity contribution in [3.8, 4) is 0 Å². The Morgan fingerprint density at radius 1 is 1.16 bits per heavy atom. The Bertz CT molecular complexity index is 666. The summed E-state index contributed by atoms with van der Waals surface area (Å²) in [7, 11) is -8.61. The van der Waals surface area contributed by atoms with Crippen molar-refractivity contribution < 1.29 is 20.7 Å². The second-order valence-corrected chi connectivity index (χ2v) is 7.74. The molecule has 0 aliphatic heterocycles. The van der Waals surface area contributed by atoms with Gasteiger partial charge in [-0.05, 0) is 24.5 Å². The molecule has 0 amide bonds. The zero-order valence-electron chi connectivity index (χ0n) is 10.0. The van der Waals surface area contributed by atoms with Gasteiger partial charge in [-0.2, -0.15) is 8.42 Å². The van der Waals surface area contributed by atoms with Crippen molar-refractivity contribution in [2.45, 2.75) is 24.2 Å². The van der Waals surface area contributed by atoms with Crippen LogP contribution in [0.3, 0.4) is 0 Å². The predicted molar refractivity (Wildman–Crippen MR) is 69.5 cm³/mol. The minimum absolute atomic E-state index is 0.0850. The maximum atomic E-state index is 13.0. The molecule has 0 heterocycles. The molecule has 8 heteroatoms. The Morgan fingerprint density at radius 2 is 1.79 bits per heavy atom. The van der Waals surface area contributed by atoms with Gasteiger partial charge >= 0.3 is 10.2 Å². The van der Waals surface area contributed by atoms with Crippen molar-refractivity contribution in [3.05, 3.63) is 24.3 Å². The summed E-state index contributed by atoms with van der Waals surface area (Å²) in [6.45, 7) is 0. The first-order valence-electron chi connectivity index (χ1n) is 5.82. The zero-order chi connectivity index (χ0) is 14.1. The molecule has 2 rings (SSSR count). The van der Waals surface area contributed by atoms with Gasteiger partial charge in [0.15, 0.2) is 0 Å². The molecule has 0 spiro atoms. The summed E-state index contributed by atoms with van der Waals surface area (Å²) < 4.78 is 60.5. The molecule has 5 nitrogen and oxygen atoms in total. The van der Waals surface area contributed by atoms with Crippen LogP contribution in [0.25, 0.3) is 0 Å². The van der Waals surface area contributed by atoms with Gasteiger partial charge in [0.25, 0.3) is 0 Å². The molecule has 0 aromatic heterocycles. The van der Waals surface area contributed by atoms with E-state index >= 15 is 0 Å². The number of benzene rings is 1. The van der Waals surface area contributed by atoms with Gasteiger partial charge in [0.05, 0.1) is 11.4 Å². The lowest BCUT2D eigenvalue weighted by Gasteiger charge is -2.10. The lowest BCUT2D eigenvalue weighted by Crippen LogP contribution is -2.18. The SMILES string of the molecule is O=S(=O)(CCC1CC1)Nc1ccccc1S(=O)(=O)F. The van der Waals surface area contributed by atoms with Crippen molar-refractivity contribution in [2.24, 2.45) is 5.92 Å². The zero-order valence-corrected chi connectivity index (χ0v) is 11.7. The lowest BCUT2D eigenvalue weighted by molar-refractivity contribution is 0.552. The summed E-state index contributed by atoms with van der Waals surface area (Å²) in [4.78, 5) is -0.662. The third-order valence-electron chi connectivity index (χ3n) is 2.91. The van der Waals surface area contributed by atoms with Gasteiger partial charge in [-0.3, -0.25) is 4.72 Å². The molecule has 1 aromatic carbocycles. The molecule has 1 aliphatic carbocycles. The van der Waals surface area contributed by atoms with Gasteiger partial charge in [-0.1, -0.05) is 25.0 Å². The number of hydrogen-bond acceptors (Lipinski definition) is 4. The minimum atomic E-state index is -4.95. The smallest absolute Gasteiger partial charge is 0.282 e. The molecule has 1 N–H and O–H groups in total. The molecule has 106 valence electrons. The van der Waals surface area contributed by atoms with Crippen LogP contribution in [0.4, 0.5) is 9.57 Å². The summed E-state index contributed by atoms with van der Waals surface area (Å²) >= 11 is 0. The van der Waals surface area contributed by atoms with E-state index in [4.69, 9.17) is 0 Å². The highest BCUT2D eigenvalue weighted by atomic mass is 32.3. The second kappa shape index (κ2) is 5.09. The minimum Gasteiger partial charge on any atom is -0.282 e. The van der Waals surface area contributed by atoms with E-state index in [0.29, 0.717) is 12.3 Å². The predicted octanol–water partition coefficient (Wildman–Crippen LogP) is 1.89. The fourth-order valence-corrected chi connectivity index (χ4v) is 3.66. The first-order valence-corrected chi connectivity index (χ1v) is 8.86. The van der Waals surface area contributed by atoms with Gasteiger partial charge in [-0.15, -0.1) is 3.89 Å². The number of para-hydroxylation sites is 1. The number of anilines is 1. The largest absolute Gasteiger partial charge is 0.334 e. The highest BCUT2D eigenvalue weighted by molar-refractivity contribution is 7.92. The Hall–Kier alpha value is -1.15. The third kappa shape index (κ3) is 4.17. The molecule has 1 fully saturated rings. The normalized spacial score (nSPS) is 16.3. The molecular weight excluding hydrogens is 293 g/mol. The van der Waals surface area contributed by atoms with Crippen LogP contribution in [0.2, 0.25) is 0 Å². The molecule has 19 heavy (non-hydrogen) atoms. The number of rotatable bonds is 6. The number of hydrogen-bond donors (Lipinski definition) is 1. The molecule has 0 saturated heterocycles. The second-order valence-electron chi connectivity index (χ2n) is 4.59. The van der Waals surface area contributed by atoms with Crippen LogP contribution < -0.4 is 4.72 Å². The van der Waals surface area contributed by atoms with Crippen LogP contribution in [-0.4, -0.2) is 22.6 Å². The van der Waals surface area contributed by atoms with Crippen LogP contribution in [-0.2, 0) is 20.2 Å². The number of halogens is 1. The van der Waals surface area contributed by atoms with E-state index in [1.807, 2.05) is 0 Å². The lowest BCUT2D eigenvalue weighted by atomic mass is 10.3. The van der Waals surface area contributed by atoms with Crippen molar-refractivity contribution in [2.75, 3.05) is 10.5 Å². The Balaban J connectivity index is 2.18. The first-order chi connectivity index (χ1) is 8.78. The molecule has 1 aromatic rings. The van der Waals surface area contributed by atoms with E-state index in [-0.39, 0.29) is 11.4 Å². The van der Waals surface area contributed by atoms with Crippen LogP contribution in [0, 0.1) is 5.92 Å². The Morgan fingerprint density at radius 3 is 2.37 bits per heavy atom. The maximum absolute atomic E-state index is 13.0. The van der Waals surface area contributed by atoms with Gasteiger partial charge in [0.2, 0.25) is 10.0 Å². The molecule has 0 radical (unpaired) electrons. The molecule has 1 aliphatic rings. The van der Waals surface area contributed by atoms with Crippen LogP contribution in [0.5, 0.6) is 0 Å². The van der Waals surface area contributed by atoms with Gasteiger partial charge in [-0.25, -0.2) is 8.42 Å². The van der Waals surface area contributed by atoms with E-state index in [2.05, 4.69) is 4.72 Å². The quantitative estimate of drug-likeness (QED) is 0.814. The van der Waals surface area contributed by atoms with E-state index in [0.717, 1.165) is 18.9 Å². The van der Waals surface area contributed by atoms with E-state index in [1.54, 1.807) is 0 Å². The Labute approximate surface area is 112 Å². The average Bonchev–Trinajstić information content (AvgIpc) is 3.09. The monoisotopic (exact) mass is 307 g/mol. The van der Waals surface area contributed by atoms with Gasteiger partial charge in [0.1, 0.15) is 4.90 Å². The summed E-state index contributed by atoms with van der Waals surface area (Å²) in [6, 6.07) is 5.01. The molecular formula is C11H14FNO4S2. The van der Waals surface area contributed by atoms with Crippen LogP contribution >= 0.6 is 0 Å². The Kier molecular flexibility index (Phi) is 3.82. The summed E-state index contributed by atoms with van der Waals surface area (Å²) in [5.41, 5.74) is -0.249.